The second-order valence-corrected chi connectivity index (χ2v) is 6.01. The quantitative estimate of drug-likeness (QED) is 0.767. The minimum absolute atomic E-state index is 0.344. The van der Waals surface area contributed by atoms with E-state index in [-0.39, 0.29) is 0 Å². The molecule has 18 heavy (non-hydrogen) atoms. The maximum Gasteiger partial charge on any atom is 0.115 e. The topological polar surface area (TPSA) is 32.3 Å². The van der Waals surface area contributed by atoms with Crippen LogP contribution in [0, 0.1) is 11.8 Å². The highest BCUT2D eigenvalue weighted by Crippen LogP contribution is 2.41. The standard InChI is InChI=1S/C16H23NO/c18-16-9-7-14(8-10-16)17-15-6-5-12-3-1-2-4-13(12)11-15/h7-10,12-13,15,17-18H,1-6,11H2. The van der Waals surface area contributed by atoms with Crippen LogP contribution in [0.3, 0.4) is 0 Å². The summed E-state index contributed by atoms with van der Waals surface area (Å²) in [7, 11) is 0. The predicted octanol–water partition coefficient (Wildman–Crippen LogP) is 4.16. The van der Waals surface area contributed by atoms with Crippen molar-refractivity contribution in [2.75, 3.05) is 5.32 Å². The van der Waals surface area contributed by atoms with E-state index < -0.39 is 0 Å². The van der Waals surface area contributed by atoms with Crippen LogP contribution in [0.4, 0.5) is 5.69 Å². The van der Waals surface area contributed by atoms with E-state index in [1.54, 1.807) is 12.1 Å². The van der Waals surface area contributed by atoms with E-state index in [4.69, 9.17) is 0 Å². The van der Waals surface area contributed by atoms with Crippen molar-refractivity contribution in [3.05, 3.63) is 24.3 Å². The fraction of sp³-hybridized carbons (Fsp3) is 0.625. The van der Waals surface area contributed by atoms with Gasteiger partial charge >= 0.3 is 0 Å². The van der Waals surface area contributed by atoms with Crippen molar-refractivity contribution < 1.29 is 5.11 Å². The molecule has 2 heteroatoms. The van der Waals surface area contributed by atoms with Crippen molar-refractivity contribution in [2.45, 2.75) is 51.0 Å². The molecule has 0 heterocycles. The molecular weight excluding hydrogens is 222 g/mol. The Morgan fingerprint density at radius 1 is 0.889 bits per heavy atom. The molecule has 98 valence electrons. The van der Waals surface area contributed by atoms with Gasteiger partial charge in [0.05, 0.1) is 0 Å². The molecule has 0 radical (unpaired) electrons. The zero-order chi connectivity index (χ0) is 12.4. The van der Waals surface area contributed by atoms with Crippen LogP contribution in [-0.4, -0.2) is 11.1 Å². The van der Waals surface area contributed by atoms with Crippen molar-refractivity contribution in [3.8, 4) is 5.75 Å². The molecule has 0 aromatic heterocycles. The molecule has 2 fully saturated rings. The number of phenolic OH excluding ortho intramolecular Hbond substituents is 1. The van der Waals surface area contributed by atoms with Crippen LogP contribution < -0.4 is 5.32 Å². The Morgan fingerprint density at radius 3 is 2.39 bits per heavy atom. The molecule has 0 aliphatic heterocycles. The first-order valence-corrected chi connectivity index (χ1v) is 7.37. The zero-order valence-electron chi connectivity index (χ0n) is 10.9. The average molecular weight is 245 g/mol. The number of hydrogen-bond acceptors (Lipinski definition) is 2. The molecule has 0 amide bonds. The minimum atomic E-state index is 0.344. The molecule has 2 saturated carbocycles. The molecule has 2 aliphatic carbocycles. The van der Waals surface area contributed by atoms with Crippen molar-refractivity contribution in [3.63, 3.8) is 0 Å². The molecule has 1 aromatic rings. The Hall–Kier alpha value is -1.18. The second-order valence-electron chi connectivity index (χ2n) is 6.01. The third-order valence-corrected chi connectivity index (χ3v) is 4.78. The normalized spacial score (nSPS) is 31.7. The van der Waals surface area contributed by atoms with Gasteiger partial charge in [-0.15, -0.1) is 0 Å². The van der Waals surface area contributed by atoms with Gasteiger partial charge in [-0.2, -0.15) is 0 Å². The molecule has 2 N–H and O–H groups in total. The van der Waals surface area contributed by atoms with Crippen LogP contribution in [0.1, 0.15) is 44.9 Å². The van der Waals surface area contributed by atoms with E-state index in [2.05, 4.69) is 5.32 Å². The van der Waals surface area contributed by atoms with Gasteiger partial charge in [0, 0.05) is 11.7 Å². The molecule has 1 aromatic carbocycles. The summed E-state index contributed by atoms with van der Waals surface area (Å²) in [5, 5.41) is 12.9. The number of benzene rings is 1. The highest BCUT2D eigenvalue weighted by Gasteiger charge is 2.31. The Bertz CT molecular complexity index is 387. The van der Waals surface area contributed by atoms with Crippen LogP contribution >= 0.6 is 0 Å². The SMILES string of the molecule is Oc1ccc(NC2CCC3CCCCC3C2)cc1. The summed E-state index contributed by atoms with van der Waals surface area (Å²) in [6.07, 6.45) is 9.85. The summed E-state index contributed by atoms with van der Waals surface area (Å²) in [4.78, 5) is 0. The summed E-state index contributed by atoms with van der Waals surface area (Å²) in [5.41, 5.74) is 1.15. The lowest BCUT2D eigenvalue weighted by Gasteiger charge is -2.39. The number of fused-ring (bicyclic) bond motifs is 1. The van der Waals surface area contributed by atoms with Gasteiger partial charge in [-0.3, -0.25) is 0 Å². The number of aromatic hydroxyl groups is 1. The fourth-order valence-corrected chi connectivity index (χ4v) is 3.80. The van der Waals surface area contributed by atoms with Gasteiger partial charge in [0.2, 0.25) is 0 Å². The lowest BCUT2D eigenvalue weighted by atomic mass is 9.69. The lowest BCUT2D eigenvalue weighted by Crippen LogP contribution is -2.34. The monoisotopic (exact) mass is 245 g/mol. The molecule has 0 saturated heterocycles. The second kappa shape index (κ2) is 5.21. The molecule has 0 bridgehead atoms. The van der Waals surface area contributed by atoms with Crippen LogP contribution in [0.2, 0.25) is 0 Å². The number of anilines is 1. The zero-order valence-corrected chi connectivity index (χ0v) is 10.9. The molecule has 3 atom stereocenters. The van der Waals surface area contributed by atoms with Gasteiger partial charge < -0.3 is 10.4 Å². The predicted molar refractivity (Wildman–Crippen MR) is 74.8 cm³/mol. The highest BCUT2D eigenvalue weighted by atomic mass is 16.3. The number of hydrogen-bond donors (Lipinski definition) is 2. The number of phenols is 1. The summed E-state index contributed by atoms with van der Waals surface area (Å²) in [6.45, 7) is 0. The summed E-state index contributed by atoms with van der Waals surface area (Å²) >= 11 is 0. The lowest BCUT2D eigenvalue weighted by molar-refractivity contribution is 0.162. The van der Waals surface area contributed by atoms with Crippen molar-refractivity contribution in [1.82, 2.24) is 0 Å². The van der Waals surface area contributed by atoms with Crippen molar-refractivity contribution in [1.29, 1.82) is 0 Å². The van der Waals surface area contributed by atoms with Crippen LogP contribution in [0.5, 0.6) is 5.75 Å². The van der Waals surface area contributed by atoms with E-state index in [9.17, 15) is 5.11 Å². The average Bonchev–Trinajstić information content (AvgIpc) is 2.41. The largest absolute Gasteiger partial charge is 0.508 e. The first-order chi connectivity index (χ1) is 8.81. The van der Waals surface area contributed by atoms with Crippen LogP contribution in [-0.2, 0) is 0 Å². The highest BCUT2D eigenvalue weighted by molar-refractivity contribution is 5.46. The van der Waals surface area contributed by atoms with Crippen molar-refractivity contribution >= 4 is 5.69 Å². The first kappa shape index (κ1) is 11.9. The van der Waals surface area contributed by atoms with E-state index in [0.29, 0.717) is 11.8 Å². The van der Waals surface area contributed by atoms with Gasteiger partial charge in [-0.05, 0) is 55.4 Å². The third-order valence-electron chi connectivity index (χ3n) is 4.78. The van der Waals surface area contributed by atoms with Crippen molar-refractivity contribution in [2.24, 2.45) is 11.8 Å². The number of rotatable bonds is 2. The maximum absolute atomic E-state index is 9.29. The third kappa shape index (κ3) is 2.63. The van der Waals surface area contributed by atoms with Gasteiger partial charge in [-0.1, -0.05) is 25.7 Å². The maximum atomic E-state index is 9.29. The first-order valence-electron chi connectivity index (χ1n) is 7.37. The smallest absolute Gasteiger partial charge is 0.115 e. The summed E-state index contributed by atoms with van der Waals surface area (Å²) in [5.74, 6) is 2.32. The molecule has 0 spiro atoms. The Morgan fingerprint density at radius 2 is 1.61 bits per heavy atom. The Kier molecular flexibility index (Phi) is 3.44. The van der Waals surface area contributed by atoms with Gasteiger partial charge in [0.15, 0.2) is 0 Å². The van der Waals surface area contributed by atoms with Crippen LogP contribution in [0.15, 0.2) is 24.3 Å². The molecule has 3 rings (SSSR count). The Labute approximate surface area is 109 Å². The molecule has 2 nitrogen and oxygen atoms in total. The molecule has 3 unspecified atom stereocenters. The minimum Gasteiger partial charge on any atom is -0.508 e. The number of nitrogens with one attached hydrogen (secondary N) is 1. The van der Waals surface area contributed by atoms with Gasteiger partial charge in [0.25, 0.3) is 0 Å². The fourth-order valence-electron chi connectivity index (χ4n) is 3.80. The van der Waals surface area contributed by atoms with E-state index in [0.717, 1.165) is 17.5 Å². The van der Waals surface area contributed by atoms with Gasteiger partial charge in [0.1, 0.15) is 5.75 Å². The van der Waals surface area contributed by atoms with E-state index in [1.165, 1.54) is 44.9 Å². The van der Waals surface area contributed by atoms with E-state index in [1.807, 2.05) is 12.1 Å². The van der Waals surface area contributed by atoms with E-state index >= 15 is 0 Å². The van der Waals surface area contributed by atoms with Crippen LogP contribution in [0.25, 0.3) is 0 Å². The molecular formula is C16H23NO. The molecule has 2 aliphatic rings. The Balaban J connectivity index is 1.59. The van der Waals surface area contributed by atoms with Gasteiger partial charge in [-0.25, -0.2) is 0 Å². The summed E-state index contributed by atoms with van der Waals surface area (Å²) < 4.78 is 0. The summed E-state index contributed by atoms with van der Waals surface area (Å²) in [6, 6.07) is 8.10.